The van der Waals surface area contributed by atoms with Crippen LogP contribution in [0.25, 0.3) is 0 Å². The first kappa shape index (κ1) is 26.5. The van der Waals surface area contributed by atoms with Crippen LogP contribution in [0.15, 0.2) is 24.3 Å². The number of ether oxygens (including phenoxy) is 1. The fourth-order valence-corrected chi connectivity index (χ4v) is 3.55. The summed E-state index contributed by atoms with van der Waals surface area (Å²) in [6, 6.07) is 5.30. The minimum Gasteiger partial charge on any atom is -0.508 e. The van der Waals surface area contributed by atoms with Crippen molar-refractivity contribution in [2.75, 3.05) is 6.61 Å². The van der Waals surface area contributed by atoms with Gasteiger partial charge in [-0.1, -0.05) is 37.7 Å². The highest BCUT2D eigenvalue weighted by molar-refractivity contribution is 8.14. The van der Waals surface area contributed by atoms with Crippen LogP contribution < -0.4 is 10.6 Å². The molecule has 0 fully saturated rings. The second-order valence-electron chi connectivity index (χ2n) is 8.04. The molecule has 0 spiro atoms. The van der Waals surface area contributed by atoms with Gasteiger partial charge >= 0.3 is 5.97 Å². The van der Waals surface area contributed by atoms with Crippen molar-refractivity contribution in [3.05, 3.63) is 29.8 Å². The second-order valence-corrected chi connectivity index (χ2v) is 9.36. The van der Waals surface area contributed by atoms with Crippen LogP contribution in [0.1, 0.15) is 47.1 Å². The second kappa shape index (κ2) is 11.7. The molecule has 172 valence electrons. The van der Waals surface area contributed by atoms with Gasteiger partial charge in [0.1, 0.15) is 17.3 Å². The van der Waals surface area contributed by atoms with Gasteiger partial charge in [-0.2, -0.15) is 0 Å². The number of amides is 2. The Labute approximate surface area is 187 Å². The summed E-state index contributed by atoms with van der Waals surface area (Å²) < 4.78 is 5.08. The molecule has 31 heavy (non-hydrogen) atoms. The number of phenols is 1. The van der Waals surface area contributed by atoms with E-state index in [1.54, 1.807) is 19.1 Å². The van der Waals surface area contributed by atoms with Gasteiger partial charge in [-0.15, -0.1) is 0 Å². The third-order valence-corrected chi connectivity index (χ3v) is 5.76. The number of esters is 1. The number of carbonyl (C=O) groups excluding carboxylic acids is 4. The van der Waals surface area contributed by atoms with E-state index in [-0.39, 0.29) is 29.8 Å². The molecular formula is C22H32N2O6S. The van der Waals surface area contributed by atoms with Gasteiger partial charge in [-0.05, 0) is 44.4 Å². The predicted octanol–water partition coefficient (Wildman–Crippen LogP) is 2.18. The van der Waals surface area contributed by atoms with E-state index in [1.807, 2.05) is 13.8 Å². The molecule has 0 saturated heterocycles. The molecule has 0 aliphatic rings. The highest BCUT2D eigenvalue weighted by Gasteiger charge is 2.36. The van der Waals surface area contributed by atoms with Crippen molar-refractivity contribution in [3.63, 3.8) is 0 Å². The van der Waals surface area contributed by atoms with Gasteiger partial charge in [0.15, 0.2) is 5.12 Å². The van der Waals surface area contributed by atoms with Gasteiger partial charge in [-0.25, -0.2) is 4.79 Å². The van der Waals surface area contributed by atoms with Crippen molar-refractivity contribution in [2.45, 2.75) is 64.8 Å². The molecule has 1 rings (SSSR count). The van der Waals surface area contributed by atoms with Gasteiger partial charge in [0, 0.05) is 13.3 Å². The largest absolute Gasteiger partial charge is 0.508 e. The lowest BCUT2D eigenvalue weighted by atomic mass is 10.00. The monoisotopic (exact) mass is 452 g/mol. The molecule has 9 heteroatoms. The van der Waals surface area contributed by atoms with Gasteiger partial charge in [-0.3, -0.25) is 14.4 Å². The Morgan fingerprint density at radius 3 is 2.19 bits per heavy atom. The Kier molecular flexibility index (Phi) is 10.0. The summed E-state index contributed by atoms with van der Waals surface area (Å²) in [6.45, 7) is 9.90. The van der Waals surface area contributed by atoms with Crippen molar-refractivity contribution in [2.24, 2.45) is 5.92 Å². The van der Waals surface area contributed by atoms with E-state index >= 15 is 0 Å². The normalized spacial score (nSPS) is 13.3. The Hall–Kier alpha value is -2.55. The lowest BCUT2D eigenvalue weighted by molar-refractivity contribution is -0.148. The van der Waals surface area contributed by atoms with E-state index in [2.05, 4.69) is 10.6 Å². The quantitative estimate of drug-likeness (QED) is 0.465. The first-order chi connectivity index (χ1) is 14.4. The Morgan fingerprint density at radius 2 is 1.71 bits per heavy atom. The van der Waals surface area contributed by atoms with E-state index in [1.165, 1.54) is 32.9 Å². The SMILES string of the molecule is CCOC(=O)[C@H](Cc1ccc(O)cc1)NC(=O)C(C)(C)NC(=O)C(SC(C)=O)C(C)C. The maximum atomic E-state index is 12.9. The summed E-state index contributed by atoms with van der Waals surface area (Å²) in [7, 11) is 0. The maximum absolute atomic E-state index is 12.9. The number of aromatic hydroxyl groups is 1. The molecule has 0 aromatic heterocycles. The van der Waals surface area contributed by atoms with Crippen molar-refractivity contribution >= 4 is 34.7 Å². The van der Waals surface area contributed by atoms with Crippen LogP contribution >= 0.6 is 11.8 Å². The molecule has 0 aliphatic carbocycles. The molecule has 0 bridgehead atoms. The zero-order valence-corrected chi connectivity index (χ0v) is 19.7. The summed E-state index contributed by atoms with van der Waals surface area (Å²) in [5.74, 6) is -1.62. The van der Waals surface area contributed by atoms with Gasteiger partial charge in [0.2, 0.25) is 11.8 Å². The molecule has 2 amide bonds. The van der Waals surface area contributed by atoms with E-state index in [0.29, 0.717) is 0 Å². The van der Waals surface area contributed by atoms with E-state index in [4.69, 9.17) is 4.74 Å². The first-order valence-corrected chi connectivity index (χ1v) is 11.0. The highest BCUT2D eigenvalue weighted by Crippen LogP contribution is 2.21. The van der Waals surface area contributed by atoms with Crippen LogP contribution in [0.2, 0.25) is 0 Å². The number of hydrogen-bond acceptors (Lipinski definition) is 7. The molecule has 0 saturated carbocycles. The lowest BCUT2D eigenvalue weighted by Crippen LogP contribution is -2.59. The number of hydrogen-bond donors (Lipinski definition) is 3. The average Bonchev–Trinajstić information content (AvgIpc) is 2.66. The number of phenolic OH excluding ortho intramolecular Hbond substituents is 1. The topological polar surface area (TPSA) is 122 Å². The van der Waals surface area contributed by atoms with Crippen molar-refractivity contribution in [1.82, 2.24) is 10.6 Å². The molecule has 8 nitrogen and oxygen atoms in total. The number of benzene rings is 1. The molecular weight excluding hydrogens is 420 g/mol. The fraction of sp³-hybridized carbons (Fsp3) is 0.545. The van der Waals surface area contributed by atoms with Gasteiger partial charge in [0.05, 0.1) is 11.9 Å². The molecule has 1 unspecified atom stereocenters. The van der Waals surface area contributed by atoms with Crippen LogP contribution in [-0.2, 0) is 30.3 Å². The molecule has 2 atom stereocenters. The smallest absolute Gasteiger partial charge is 0.328 e. The summed E-state index contributed by atoms with van der Waals surface area (Å²) in [5.41, 5.74) is -0.614. The Morgan fingerprint density at radius 1 is 1.13 bits per heavy atom. The molecule has 0 aliphatic heterocycles. The fourth-order valence-electron chi connectivity index (χ4n) is 2.75. The van der Waals surface area contributed by atoms with Crippen molar-refractivity contribution in [3.8, 4) is 5.75 Å². The standard InChI is InChI=1S/C22H32N2O6S/c1-7-30-20(28)17(12-15-8-10-16(26)11-9-15)23-21(29)22(5,6)24-19(27)18(13(2)3)31-14(4)25/h8-11,13,17-18,26H,7,12H2,1-6H3,(H,23,29)(H,24,27)/t17-,18?/m0/s1. The molecule has 1 aromatic carbocycles. The zero-order chi connectivity index (χ0) is 23.8. The summed E-state index contributed by atoms with van der Waals surface area (Å²) >= 11 is 0.919. The maximum Gasteiger partial charge on any atom is 0.328 e. The lowest BCUT2D eigenvalue weighted by Gasteiger charge is -2.30. The summed E-state index contributed by atoms with van der Waals surface area (Å²) in [4.78, 5) is 49.5. The summed E-state index contributed by atoms with van der Waals surface area (Å²) in [5, 5.41) is 13.9. The molecule has 3 N–H and O–H groups in total. The predicted molar refractivity (Wildman–Crippen MR) is 119 cm³/mol. The number of thioether (sulfide) groups is 1. The molecule has 0 radical (unpaired) electrons. The van der Waals surface area contributed by atoms with Gasteiger partial charge < -0.3 is 20.5 Å². The third-order valence-electron chi connectivity index (χ3n) is 4.41. The Balaban J connectivity index is 2.95. The Bertz CT molecular complexity index is 792. The molecule has 0 heterocycles. The minimum atomic E-state index is -1.33. The van der Waals surface area contributed by atoms with Crippen LogP contribution in [0.5, 0.6) is 5.75 Å². The number of rotatable bonds is 10. The van der Waals surface area contributed by atoms with Crippen LogP contribution in [-0.4, -0.2) is 51.4 Å². The van der Waals surface area contributed by atoms with Crippen LogP contribution in [0, 0.1) is 5.92 Å². The van der Waals surface area contributed by atoms with E-state index in [0.717, 1.165) is 17.3 Å². The first-order valence-electron chi connectivity index (χ1n) is 10.1. The molecule has 1 aromatic rings. The minimum absolute atomic E-state index is 0.0902. The van der Waals surface area contributed by atoms with Crippen molar-refractivity contribution < 1.29 is 29.0 Å². The van der Waals surface area contributed by atoms with Crippen LogP contribution in [0.3, 0.4) is 0 Å². The highest BCUT2D eigenvalue weighted by atomic mass is 32.2. The summed E-state index contributed by atoms with van der Waals surface area (Å²) in [6.07, 6.45) is 0.156. The van der Waals surface area contributed by atoms with Gasteiger partial charge in [0.25, 0.3) is 0 Å². The third kappa shape index (κ3) is 8.61. The number of nitrogens with one attached hydrogen (secondary N) is 2. The van der Waals surface area contributed by atoms with E-state index in [9.17, 15) is 24.3 Å². The average molecular weight is 453 g/mol. The van der Waals surface area contributed by atoms with Crippen LogP contribution in [0.4, 0.5) is 0 Å². The van der Waals surface area contributed by atoms with E-state index < -0.39 is 34.6 Å². The van der Waals surface area contributed by atoms with Crippen molar-refractivity contribution in [1.29, 1.82) is 0 Å². The zero-order valence-electron chi connectivity index (χ0n) is 18.9. The number of carbonyl (C=O) groups is 4.